The number of likely N-dealkylation sites (N-methyl/N-ethyl adjacent to an activating group) is 1. The molecule has 1 rings (SSSR count). The zero-order chi connectivity index (χ0) is 15.6. The van der Waals surface area contributed by atoms with Gasteiger partial charge in [0.05, 0.1) is 6.61 Å². The molecule has 21 heavy (non-hydrogen) atoms. The number of hydrogen-bond acceptors (Lipinski definition) is 4. The third kappa shape index (κ3) is 6.53. The second kappa shape index (κ2) is 9.85. The Morgan fingerprint density at radius 1 is 1.29 bits per heavy atom. The Labute approximate surface area is 132 Å². The number of esters is 1. The van der Waals surface area contributed by atoms with Crippen molar-refractivity contribution in [3.8, 4) is 0 Å². The van der Waals surface area contributed by atoms with E-state index >= 15 is 0 Å². The molecule has 1 N–H and O–H groups in total. The molecule has 0 fully saturated rings. The Morgan fingerprint density at radius 3 is 2.62 bits per heavy atom. The molecule has 3 nitrogen and oxygen atoms in total. The lowest BCUT2D eigenvalue weighted by Gasteiger charge is -2.28. The molecule has 0 aliphatic rings. The maximum Gasteiger partial charge on any atom is 0.326 e. The summed E-state index contributed by atoms with van der Waals surface area (Å²) in [7, 11) is 0. The summed E-state index contributed by atoms with van der Waals surface area (Å²) in [4.78, 5) is 12.0. The lowest BCUT2D eigenvalue weighted by molar-refractivity contribution is -0.150. The van der Waals surface area contributed by atoms with Crippen LogP contribution in [0, 0.1) is 0 Å². The lowest BCUT2D eigenvalue weighted by atomic mass is 9.96. The van der Waals surface area contributed by atoms with E-state index in [1.807, 2.05) is 38.6 Å². The number of carbonyl (C=O) groups is 1. The molecule has 0 bridgehead atoms. The molecule has 1 unspecified atom stereocenters. The van der Waals surface area contributed by atoms with Crippen LogP contribution in [0.3, 0.4) is 0 Å². The SMILES string of the molecule is CCNC(C)(CCCSCc1ccccc1)C(=O)OCC. The first-order chi connectivity index (χ1) is 10.1. The maximum atomic E-state index is 12.0. The van der Waals surface area contributed by atoms with Crippen LogP contribution in [0.5, 0.6) is 0 Å². The molecule has 0 aliphatic carbocycles. The van der Waals surface area contributed by atoms with E-state index in [0.717, 1.165) is 30.9 Å². The summed E-state index contributed by atoms with van der Waals surface area (Å²) in [6.07, 6.45) is 1.81. The molecule has 0 spiro atoms. The Bertz CT molecular complexity index is 411. The number of thioether (sulfide) groups is 1. The van der Waals surface area contributed by atoms with Crippen molar-refractivity contribution in [3.63, 3.8) is 0 Å². The molecule has 1 atom stereocenters. The molecule has 0 aromatic heterocycles. The highest BCUT2D eigenvalue weighted by Gasteiger charge is 2.32. The zero-order valence-corrected chi connectivity index (χ0v) is 14.2. The monoisotopic (exact) mass is 309 g/mol. The van der Waals surface area contributed by atoms with Crippen molar-refractivity contribution < 1.29 is 9.53 Å². The zero-order valence-electron chi connectivity index (χ0n) is 13.4. The van der Waals surface area contributed by atoms with E-state index < -0.39 is 5.54 Å². The summed E-state index contributed by atoms with van der Waals surface area (Å²) < 4.78 is 5.18. The lowest BCUT2D eigenvalue weighted by Crippen LogP contribution is -2.50. The van der Waals surface area contributed by atoms with E-state index in [1.54, 1.807) is 0 Å². The van der Waals surface area contributed by atoms with Crippen LogP contribution in [0.25, 0.3) is 0 Å². The topological polar surface area (TPSA) is 38.3 Å². The summed E-state index contributed by atoms with van der Waals surface area (Å²) in [5.41, 5.74) is 0.792. The normalized spacial score (nSPS) is 13.7. The summed E-state index contributed by atoms with van der Waals surface area (Å²) in [5.74, 6) is 1.94. The van der Waals surface area contributed by atoms with Crippen molar-refractivity contribution in [2.24, 2.45) is 0 Å². The molecule has 118 valence electrons. The Hall–Kier alpha value is -1.00. The number of rotatable bonds is 10. The van der Waals surface area contributed by atoms with Crippen LogP contribution in [0.2, 0.25) is 0 Å². The first-order valence-electron chi connectivity index (χ1n) is 7.66. The van der Waals surface area contributed by atoms with Crippen LogP contribution in [-0.4, -0.2) is 30.4 Å². The maximum absolute atomic E-state index is 12.0. The molecule has 0 amide bonds. The molecule has 0 saturated heterocycles. The fourth-order valence-electron chi connectivity index (χ4n) is 2.24. The van der Waals surface area contributed by atoms with E-state index in [0.29, 0.717) is 6.61 Å². The molecule has 1 aromatic rings. The minimum atomic E-state index is -0.557. The quantitative estimate of drug-likeness (QED) is 0.529. The van der Waals surface area contributed by atoms with E-state index in [4.69, 9.17) is 4.74 Å². The van der Waals surface area contributed by atoms with Gasteiger partial charge in [-0.25, -0.2) is 0 Å². The summed E-state index contributed by atoms with van der Waals surface area (Å²) in [5, 5.41) is 3.27. The average molecular weight is 309 g/mol. The highest BCUT2D eigenvalue weighted by molar-refractivity contribution is 7.98. The number of benzene rings is 1. The molecule has 0 aliphatic heterocycles. The van der Waals surface area contributed by atoms with Gasteiger partial charge in [-0.15, -0.1) is 0 Å². The van der Waals surface area contributed by atoms with Crippen molar-refractivity contribution in [2.45, 2.75) is 44.9 Å². The number of nitrogens with one attached hydrogen (secondary N) is 1. The number of hydrogen-bond donors (Lipinski definition) is 1. The molecule has 0 radical (unpaired) electrons. The number of carbonyl (C=O) groups excluding carboxylic acids is 1. The Kier molecular flexibility index (Phi) is 8.47. The second-order valence-electron chi connectivity index (χ2n) is 5.22. The fraction of sp³-hybridized carbons (Fsp3) is 0.588. The molecule has 4 heteroatoms. The van der Waals surface area contributed by atoms with Gasteiger partial charge < -0.3 is 10.1 Å². The van der Waals surface area contributed by atoms with Crippen molar-refractivity contribution in [1.82, 2.24) is 5.32 Å². The predicted octanol–water partition coefficient (Wildman–Crippen LogP) is 3.63. The van der Waals surface area contributed by atoms with Crippen LogP contribution < -0.4 is 5.32 Å². The Balaban J connectivity index is 2.31. The second-order valence-corrected chi connectivity index (χ2v) is 6.33. The van der Waals surface area contributed by atoms with Gasteiger partial charge in [0.25, 0.3) is 0 Å². The van der Waals surface area contributed by atoms with Crippen LogP contribution in [0.1, 0.15) is 39.2 Å². The highest BCUT2D eigenvalue weighted by Crippen LogP contribution is 2.19. The average Bonchev–Trinajstić information content (AvgIpc) is 2.48. The van der Waals surface area contributed by atoms with Gasteiger partial charge in [0.2, 0.25) is 0 Å². The van der Waals surface area contributed by atoms with Gasteiger partial charge in [0.1, 0.15) is 5.54 Å². The van der Waals surface area contributed by atoms with Crippen molar-refractivity contribution in [1.29, 1.82) is 0 Å². The third-order valence-electron chi connectivity index (χ3n) is 3.37. The fourth-order valence-corrected chi connectivity index (χ4v) is 3.16. The van der Waals surface area contributed by atoms with Gasteiger partial charge in [-0.3, -0.25) is 4.79 Å². The highest BCUT2D eigenvalue weighted by atomic mass is 32.2. The van der Waals surface area contributed by atoms with Gasteiger partial charge in [-0.05, 0) is 44.6 Å². The third-order valence-corrected chi connectivity index (χ3v) is 4.48. The van der Waals surface area contributed by atoms with Crippen LogP contribution in [0.15, 0.2) is 30.3 Å². The molecular formula is C17H27NO2S. The van der Waals surface area contributed by atoms with E-state index in [-0.39, 0.29) is 5.97 Å². The smallest absolute Gasteiger partial charge is 0.326 e. The summed E-state index contributed by atoms with van der Waals surface area (Å²) >= 11 is 1.91. The van der Waals surface area contributed by atoms with Crippen molar-refractivity contribution in [3.05, 3.63) is 35.9 Å². The van der Waals surface area contributed by atoms with E-state index in [9.17, 15) is 4.79 Å². The van der Waals surface area contributed by atoms with Gasteiger partial charge in [-0.2, -0.15) is 11.8 Å². The van der Waals surface area contributed by atoms with Gasteiger partial charge in [0, 0.05) is 5.75 Å². The van der Waals surface area contributed by atoms with Crippen LogP contribution in [-0.2, 0) is 15.3 Å². The standard InChI is InChI=1S/C17H27NO2S/c1-4-18-17(3,16(19)20-5-2)12-9-13-21-14-15-10-7-6-8-11-15/h6-8,10-11,18H,4-5,9,12-14H2,1-3H3. The number of ether oxygens (including phenoxy) is 1. The molecule has 0 saturated carbocycles. The summed E-state index contributed by atoms with van der Waals surface area (Å²) in [6.45, 7) is 7.01. The first kappa shape index (κ1) is 18.1. The first-order valence-corrected chi connectivity index (χ1v) is 8.81. The van der Waals surface area contributed by atoms with E-state index in [1.165, 1.54) is 5.56 Å². The van der Waals surface area contributed by atoms with Crippen molar-refractivity contribution in [2.75, 3.05) is 18.9 Å². The van der Waals surface area contributed by atoms with Crippen molar-refractivity contribution >= 4 is 17.7 Å². The largest absolute Gasteiger partial charge is 0.465 e. The van der Waals surface area contributed by atoms with E-state index in [2.05, 4.69) is 29.6 Å². The van der Waals surface area contributed by atoms with Gasteiger partial charge >= 0.3 is 5.97 Å². The minimum absolute atomic E-state index is 0.139. The Morgan fingerprint density at radius 2 is 2.00 bits per heavy atom. The van der Waals surface area contributed by atoms with Crippen LogP contribution >= 0.6 is 11.8 Å². The van der Waals surface area contributed by atoms with Gasteiger partial charge in [0.15, 0.2) is 0 Å². The molecule has 1 aromatic carbocycles. The molecular weight excluding hydrogens is 282 g/mol. The van der Waals surface area contributed by atoms with Crippen LogP contribution in [0.4, 0.5) is 0 Å². The molecule has 0 heterocycles. The summed E-state index contributed by atoms with van der Waals surface area (Å²) in [6, 6.07) is 10.5. The van der Waals surface area contributed by atoms with Gasteiger partial charge in [-0.1, -0.05) is 37.3 Å². The minimum Gasteiger partial charge on any atom is -0.465 e. The predicted molar refractivity (Wildman–Crippen MR) is 90.6 cm³/mol.